The Balaban J connectivity index is 1.25. The molecule has 2 aromatic carbocycles. The average molecular weight is 402 g/mol. The van der Waals surface area contributed by atoms with Crippen LogP contribution in [0.3, 0.4) is 0 Å². The predicted octanol–water partition coefficient (Wildman–Crippen LogP) is 4.39. The number of aromatic amines is 2. The van der Waals surface area contributed by atoms with Gasteiger partial charge in [-0.3, -0.25) is 4.79 Å². The molecule has 6 nitrogen and oxygen atoms in total. The molecule has 0 bridgehead atoms. The summed E-state index contributed by atoms with van der Waals surface area (Å²) in [6.07, 6.45) is 3.19. The number of fused-ring (bicyclic) bond motifs is 2. The lowest BCUT2D eigenvalue weighted by Crippen LogP contribution is -2.39. The summed E-state index contributed by atoms with van der Waals surface area (Å²) in [6, 6.07) is 12.4. The molecule has 0 saturated carbocycles. The van der Waals surface area contributed by atoms with Gasteiger partial charge in [-0.15, -0.1) is 0 Å². The van der Waals surface area contributed by atoms with Gasteiger partial charge in [0.25, 0.3) is 0 Å². The molecule has 30 heavy (non-hydrogen) atoms. The number of benzene rings is 2. The van der Waals surface area contributed by atoms with E-state index in [4.69, 9.17) is 9.97 Å². The molecule has 6 heteroatoms. The number of carbonyl (C=O) groups excluding carboxylic acids is 1. The monoisotopic (exact) mass is 401 g/mol. The smallest absolute Gasteiger partial charge is 0.223 e. The number of nitrogens with one attached hydrogen (secondary N) is 2. The number of aryl methyl sites for hydroxylation is 3. The Labute approximate surface area is 175 Å². The maximum Gasteiger partial charge on any atom is 0.223 e. The second-order valence-electron chi connectivity index (χ2n) is 8.48. The minimum Gasteiger partial charge on any atom is -0.342 e. The summed E-state index contributed by atoms with van der Waals surface area (Å²) in [6.45, 7) is 5.73. The number of carbonyl (C=O) groups is 1. The maximum absolute atomic E-state index is 12.9. The van der Waals surface area contributed by atoms with Crippen molar-refractivity contribution >= 4 is 28.0 Å². The fraction of sp³-hybridized carbons (Fsp3) is 0.375. The summed E-state index contributed by atoms with van der Waals surface area (Å²) >= 11 is 0. The zero-order chi connectivity index (χ0) is 20.7. The highest BCUT2D eigenvalue weighted by Gasteiger charge is 2.26. The van der Waals surface area contributed by atoms with E-state index < -0.39 is 0 Å². The first-order valence-electron chi connectivity index (χ1n) is 10.7. The number of para-hydroxylation sites is 2. The summed E-state index contributed by atoms with van der Waals surface area (Å²) in [5, 5.41) is 0. The molecule has 0 aliphatic carbocycles. The molecule has 1 amide bonds. The SMILES string of the molecule is Cc1cc(C)c2nc(CCC(=O)N3CCCC(c4nc5ccccc5[nH]4)C3)[nH]c2c1. The first-order chi connectivity index (χ1) is 14.6. The normalized spacial score (nSPS) is 17.1. The van der Waals surface area contributed by atoms with Crippen LogP contribution in [0.1, 0.15) is 48.0 Å². The number of rotatable bonds is 4. The molecule has 1 fully saturated rings. The fourth-order valence-corrected chi connectivity index (χ4v) is 4.62. The summed E-state index contributed by atoms with van der Waals surface area (Å²) in [5.41, 5.74) is 6.50. The molecule has 4 aromatic rings. The zero-order valence-corrected chi connectivity index (χ0v) is 17.5. The predicted molar refractivity (Wildman–Crippen MR) is 119 cm³/mol. The minimum absolute atomic E-state index is 0.198. The third-order valence-electron chi connectivity index (χ3n) is 6.11. The molecular formula is C24H27N5O. The van der Waals surface area contributed by atoms with Crippen LogP contribution in [0.5, 0.6) is 0 Å². The maximum atomic E-state index is 12.9. The number of hydrogen-bond donors (Lipinski definition) is 2. The quantitative estimate of drug-likeness (QED) is 0.532. The molecule has 1 aliphatic rings. The Bertz CT molecular complexity index is 1190. The van der Waals surface area contributed by atoms with Crippen LogP contribution in [0.4, 0.5) is 0 Å². The van der Waals surface area contributed by atoms with Gasteiger partial charge in [0.15, 0.2) is 0 Å². The summed E-state index contributed by atoms with van der Waals surface area (Å²) in [5.74, 6) is 2.35. The Hall–Kier alpha value is -3.15. The van der Waals surface area contributed by atoms with Crippen molar-refractivity contribution in [3.63, 3.8) is 0 Å². The molecule has 0 spiro atoms. The van der Waals surface area contributed by atoms with Crippen LogP contribution in [0.2, 0.25) is 0 Å². The van der Waals surface area contributed by atoms with Gasteiger partial charge in [0, 0.05) is 31.8 Å². The van der Waals surface area contributed by atoms with Crippen molar-refractivity contribution in [1.29, 1.82) is 0 Å². The van der Waals surface area contributed by atoms with Gasteiger partial charge < -0.3 is 14.9 Å². The first kappa shape index (κ1) is 18.9. The molecule has 2 aromatic heterocycles. The number of aromatic nitrogens is 4. The van der Waals surface area contributed by atoms with Crippen molar-refractivity contribution in [3.8, 4) is 0 Å². The van der Waals surface area contributed by atoms with E-state index >= 15 is 0 Å². The molecule has 5 rings (SSSR count). The van der Waals surface area contributed by atoms with Crippen LogP contribution in [-0.4, -0.2) is 43.8 Å². The van der Waals surface area contributed by atoms with Crippen molar-refractivity contribution in [1.82, 2.24) is 24.8 Å². The van der Waals surface area contributed by atoms with Crippen molar-refractivity contribution in [2.75, 3.05) is 13.1 Å². The highest BCUT2D eigenvalue weighted by atomic mass is 16.2. The van der Waals surface area contributed by atoms with Gasteiger partial charge in [0.1, 0.15) is 11.6 Å². The number of hydrogen-bond acceptors (Lipinski definition) is 3. The van der Waals surface area contributed by atoms with E-state index in [1.807, 2.05) is 29.2 Å². The van der Waals surface area contributed by atoms with E-state index in [1.54, 1.807) is 0 Å². The molecule has 2 N–H and O–H groups in total. The van der Waals surface area contributed by atoms with E-state index in [0.29, 0.717) is 12.8 Å². The van der Waals surface area contributed by atoms with Gasteiger partial charge in [0.05, 0.1) is 22.1 Å². The van der Waals surface area contributed by atoms with Crippen LogP contribution in [0.15, 0.2) is 36.4 Å². The molecule has 1 aliphatic heterocycles. The van der Waals surface area contributed by atoms with E-state index in [9.17, 15) is 4.79 Å². The van der Waals surface area contributed by atoms with Crippen LogP contribution >= 0.6 is 0 Å². The van der Waals surface area contributed by atoms with Gasteiger partial charge in [-0.25, -0.2) is 9.97 Å². The number of nitrogens with zero attached hydrogens (tertiary/aromatic N) is 3. The third kappa shape index (κ3) is 3.58. The number of amides is 1. The molecular weight excluding hydrogens is 374 g/mol. The second-order valence-corrected chi connectivity index (χ2v) is 8.48. The number of likely N-dealkylation sites (tertiary alicyclic amines) is 1. The van der Waals surface area contributed by atoms with E-state index in [0.717, 1.165) is 59.6 Å². The Morgan fingerprint density at radius 2 is 2.00 bits per heavy atom. The molecule has 3 heterocycles. The van der Waals surface area contributed by atoms with Crippen LogP contribution in [0.25, 0.3) is 22.1 Å². The van der Waals surface area contributed by atoms with Gasteiger partial charge in [-0.05, 0) is 56.0 Å². The van der Waals surface area contributed by atoms with E-state index in [-0.39, 0.29) is 11.8 Å². The lowest BCUT2D eigenvalue weighted by atomic mass is 9.97. The topological polar surface area (TPSA) is 77.7 Å². The summed E-state index contributed by atoms with van der Waals surface area (Å²) in [4.78, 5) is 31.2. The standard InChI is InChI=1S/C24H27N5O/c1-15-12-16(2)23-20(13-15)25-21(28-23)9-10-22(30)29-11-5-6-17(14-29)24-26-18-7-3-4-8-19(18)27-24/h3-4,7-8,12-13,17H,5-6,9-11,14H2,1-2H3,(H,25,28)(H,26,27). The zero-order valence-electron chi connectivity index (χ0n) is 17.5. The van der Waals surface area contributed by atoms with Crippen molar-refractivity contribution in [3.05, 3.63) is 59.2 Å². The largest absolute Gasteiger partial charge is 0.342 e. The lowest BCUT2D eigenvalue weighted by molar-refractivity contribution is -0.132. The number of H-pyrrole nitrogens is 2. The van der Waals surface area contributed by atoms with Crippen molar-refractivity contribution < 1.29 is 4.79 Å². The molecule has 1 unspecified atom stereocenters. The highest BCUT2D eigenvalue weighted by molar-refractivity contribution is 5.80. The fourth-order valence-electron chi connectivity index (χ4n) is 4.62. The van der Waals surface area contributed by atoms with Crippen LogP contribution in [-0.2, 0) is 11.2 Å². The van der Waals surface area contributed by atoms with Gasteiger partial charge in [-0.1, -0.05) is 18.2 Å². The van der Waals surface area contributed by atoms with E-state index in [1.165, 1.54) is 11.1 Å². The van der Waals surface area contributed by atoms with Crippen molar-refractivity contribution in [2.24, 2.45) is 0 Å². The molecule has 1 saturated heterocycles. The minimum atomic E-state index is 0.198. The molecule has 0 radical (unpaired) electrons. The average Bonchev–Trinajstić information content (AvgIpc) is 3.36. The Morgan fingerprint density at radius 1 is 1.13 bits per heavy atom. The Kier molecular flexibility index (Phi) is 4.77. The first-order valence-corrected chi connectivity index (χ1v) is 10.7. The molecule has 1 atom stereocenters. The molecule has 154 valence electrons. The highest BCUT2D eigenvalue weighted by Crippen LogP contribution is 2.27. The van der Waals surface area contributed by atoms with Gasteiger partial charge in [-0.2, -0.15) is 0 Å². The number of imidazole rings is 2. The third-order valence-corrected chi connectivity index (χ3v) is 6.11. The number of piperidine rings is 1. The Morgan fingerprint density at radius 3 is 2.87 bits per heavy atom. The van der Waals surface area contributed by atoms with Gasteiger partial charge >= 0.3 is 0 Å². The van der Waals surface area contributed by atoms with E-state index in [2.05, 4.69) is 35.9 Å². The lowest BCUT2D eigenvalue weighted by Gasteiger charge is -2.32. The summed E-state index contributed by atoms with van der Waals surface area (Å²) in [7, 11) is 0. The van der Waals surface area contributed by atoms with Crippen LogP contribution in [0, 0.1) is 13.8 Å². The summed E-state index contributed by atoms with van der Waals surface area (Å²) < 4.78 is 0. The second kappa shape index (κ2) is 7.59. The van der Waals surface area contributed by atoms with Crippen molar-refractivity contribution in [2.45, 2.75) is 45.4 Å². The van der Waals surface area contributed by atoms with Crippen LogP contribution < -0.4 is 0 Å². The van der Waals surface area contributed by atoms with Gasteiger partial charge in [0.2, 0.25) is 5.91 Å².